The van der Waals surface area contributed by atoms with Crippen LogP contribution in [0.1, 0.15) is 17.7 Å². The number of hydrogen-bond acceptors (Lipinski definition) is 3. The van der Waals surface area contributed by atoms with Crippen molar-refractivity contribution in [2.45, 2.75) is 26.3 Å². The van der Waals surface area contributed by atoms with Crippen molar-refractivity contribution in [1.82, 2.24) is 23.1 Å². The molecule has 0 aliphatic carbocycles. The minimum atomic E-state index is -0.412. The zero-order valence-corrected chi connectivity index (χ0v) is 17.8. The number of para-hydroxylation sites is 1. The highest BCUT2D eigenvalue weighted by Crippen LogP contribution is 2.22. The predicted molar refractivity (Wildman–Crippen MR) is 121 cm³/mol. The minimum Gasteiger partial charge on any atom is -0.280 e. The number of rotatable bonds is 5. The van der Waals surface area contributed by atoms with E-state index in [0.717, 1.165) is 17.7 Å². The summed E-state index contributed by atoms with van der Waals surface area (Å²) in [6, 6.07) is 16.3. The Balaban J connectivity index is 1.65. The maximum atomic E-state index is 14.5. The number of halogens is 1. The smallest absolute Gasteiger partial charge is 0.280 e. The van der Waals surface area contributed by atoms with Gasteiger partial charge in [0.2, 0.25) is 5.78 Å². The van der Waals surface area contributed by atoms with Gasteiger partial charge in [-0.1, -0.05) is 42.5 Å². The minimum absolute atomic E-state index is 0.277. The Labute approximate surface area is 182 Å². The fourth-order valence-corrected chi connectivity index (χ4v) is 4.22. The Kier molecular flexibility index (Phi) is 4.77. The lowest BCUT2D eigenvalue weighted by Crippen LogP contribution is -2.39. The highest BCUT2D eigenvalue weighted by Gasteiger charge is 2.21. The lowest BCUT2D eigenvalue weighted by molar-refractivity contribution is 0.572. The third-order valence-corrected chi connectivity index (χ3v) is 5.81. The Morgan fingerprint density at radius 1 is 1.00 bits per heavy atom. The molecule has 2 aromatic carbocycles. The largest absolute Gasteiger partial charge is 0.332 e. The van der Waals surface area contributed by atoms with Gasteiger partial charge in [0, 0.05) is 25.5 Å². The monoisotopic (exact) mass is 431 g/mol. The summed E-state index contributed by atoms with van der Waals surface area (Å²) in [7, 11) is 1.60. The molecule has 0 radical (unpaired) electrons. The van der Waals surface area contributed by atoms with E-state index < -0.39 is 17.1 Å². The number of fused-ring (bicyclic) bond motifs is 3. The van der Waals surface area contributed by atoms with Crippen molar-refractivity contribution in [3.8, 4) is 5.69 Å². The van der Waals surface area contributed by atoms with Crippen molar-refractivity contribution in [3.05, 3.63) is 98.7 Å². The second kappa shape index (κ2) is 7.64. The molecule has 5 rings (SSSR count). The Morgan fingerprint density at radius 2 is 1.72 bits per heavy atom. The molecule has 0 aliphatic rings. The van der Waals surface area contributed by atoms with Gasteiger partial charge in [0.25, 0.3) is 5.56 Å². The molecule has 0 fully saturated rings. The van der Waals surface area contributed by atoms with E-state index in [-0.39, 0.29) is 5.65 Å². The Bertz CT molecular complexity index is 1570. The molecule has 0 saturated carbocycles. The summed E-state index contributed by atoms with van der Waals surface area (Å²) in [5.41, 5.74) is 1.99. The maximum absolute atomic E-state index is 14.5. The number of benzene rings is 2. The normalized spacial score (nSPS) is 11.6. The predicted octanol–water partition coefficient (Wildman–Crippen LogP) is 3.22. The molecule has 5 aromatic rings. The Morgan fingerprint density at radius 3 is 2.47 bits per heavy atom. The number of hydrogen-bond donors (Lipinski definition) is 0. The molecule has 0 unspecified atom stereocenters. The van der Waals surface area contributed by atoms with E-state index in [1.165, 1.54) is 15.2 Å². The molecule has 32 heavy (non-hydrogen) atoms. The third kappa shape index (κ3) is 3.07. The van der Waals surface area contributed by atoms with Crippen molar-refractivity contribution in [3.63, 3.8) is 0 Å². The van der Waals surface area contributed by atoms with Crippen LogP contribution in [0.2, 0.25) is 0 Å². The highest BCUT2D eigenvalue weighted by molar-refractivity contribution is 5.76. The average Bonchev–Trinajstić information content (AvgIpc) is 3.30. The van der Waals surface area contributed by atoms with Gasteiger partial charge in [-0.2, -0.15) is 4.98 Å². The van der Waals surface area contributed by atoms with Crippen LogP contribution in [0.25, 0.3) is 22.6 Å². The van der Waals surface area contributed by atoms with Gasteiger partial charge in [-0.15, -0.1) is 0 Å². The molecule has 0 atom stereocenters. The van der Waals surface area contributed by atoms with Gasteiger partial charge in [-0.05, 0) is 37.5 Å². The number of aromatic nitrogens is 5. The molecular formula is C24H22FN5O2. The topological polar surface area (TPSA) is 66.2 Å². The van der Waals surface area contributed by atoms with Gasteiger partial charge in [0.05, 0.1) is 5.69 Å². The summed E-state index contributed by atoms with van der Waals surface area (Å²) in [5, 5.41) is 0. The second-order valence-corrected chi connectivity index (χ2v) is 7.90. The zero-order valence-electron chi connectivity index (χ0n) is 17.8. The first-order valence-electron chi connectivity index (χ1n) is 10.5. The maximum Gasteiger partial charge on any atom is 0.332 e. The van der Waals surface area contributed by atoms with Crippen LogP contribution >= 0.6 is 0 Å². The fourth-order valence-electron chi connectivity index (χ4n) is 4.22. The molecule has 162 valence electrons. The summed E-state index contributed by atoms with van der Waals surface area (Å²) in [6.45, 7) is 2.13. The van der Waals surface area contributed by atoms with Crippen molar-refractivity contribution < 1.29 is 4.39 Å². The van der Waals surface area contributed by atoms with Gasteiger partial charge < -0.3 is 0 Å². The summed E-state index contributed by atoms with van der Waals surface area (Å²) < 4.78 is 20.4. The summed E-state index contributed by atoms with van der Waals surface area (Å²) in [4.78, 5) is 30.8. The van der Waals surface area contributed by atoms with Crippen LogP contribution in [0.5, 0.6) is 0 Å². The van der Waals surface area contributed by atoms with Crippen LogP contribution in [0, 0.1) is 12.7 Å². The van der Waals surface area contributed by atoms with Crippen molar-refractivity contribution in [2.24, 2.45) is 7.05 Å². The SMILES string of the molecule is Cc1cn2c3c(=O)n(CCCc4ccccc4)c(=O)n(C)c3nc2n1-c1ccccc1F. The molecule has 0 N–H and O–H groups in total. The molecule has 0 saturated heterocycles. The van der Waals surface area contributed by atoms with Gasteiger partial charge >= 0.3 is 5.69 Å². The molecule has 0 aliphatic heterocycles. The van der Waals surface area contributed by atoms with Gasteiger partial charge in [-0.25, -0.2) is 9.18 Å². The van der Waals surface area contributed by atoms with Crippen LogP contribution in [-0.4, -0.2) is 23.1 Å². The quantitative estimate of drug-likeness (QED) is 0.429. The lowest BCUT2D eigenvalue weighted by Gasteiger charge is -2.08. The molecule has 7 nitrogen and oxygen atoms in total. The van der Waals surface area contributed by atoms with E-state index in [1.54, 1.807) is 40.4 Å². The van der Waals surface area contributed by atoms with Crippen molar-refractivity contribution >= 4 is 16.9 Å². The van der Waals surface area contributed by atoms with Gasteiger partial charge in [-0.3, -0.25) is 22.9 Å². The molecular weight excluding hydrogens is 409 g/mol. The first-order valence-corrected chi connectivity index (χ1v) is 10.5. The van der Waals surface area contributed by atoms with Crippen LogP contribution in [0.3, 0.4) is 0 Å². The summed E-state index contributed by atoms with van der Waals surface area (Å²) >= 11 is 0. The van der Waals surface area contributed by atoms with Crippen LogP contribution in [0.15, 0.2) is 70.4 Å². The van der Waals surface area contributed by atoms with Crippen LogP contribution in [-0.2, 0) is 20.0 Å². The van der Waals surface area contributed by atoms with Gasteiger partial charge in [0.15, 0.2) is 11.2 Å². The summed E-state index contributed by atoms with van der Waals surface area (Å²) in [5.74, 6) is -0.00953. The molecule has 3 heterocycles. The fraction of sp³-hybridized carbons (Fsp3) is 0.208. The highest BCUT2D eigenvalue weighted by atomic mass is 19.1. The van der Waals surface area contributed by atoms with E-state index in [1.807, 2.05) is 37.3 Å². The molecule has 0 amide bonds. The van der Waals surface area contributed by atoms with E-state index in [2.05, 4.69) is 4.98 Å². The number of aryl methyl sites for hydroxylation is 3. The molecule has 0 bridgehead atoms. The average molecular weight is 431 g/mol. The molecule has 0 spiro atoms. The summed E-state index contributed by atoms with van der Waals surface area (Å²) in [6.07, 6.45) is 3.16. The second-order valence-electron chi connectivity index (χ2n) is 7.90. The lowest BCUT2D eigenvalue weighted by atomic mass is 10.1. The van der Waals surface area contributed by atoms with E-state index in [9.17, 15) is 14.0 Å². The van der Waals surface area contributed by atoms with Crippen LogP contribution < -0.4 is 11.2 Å². The van der Waals surface area contributed by atoms with Crippen molar-refractivity contribution in [2.75, 3.05) is 0 Å². The van der Waals surface area contributed by atoms with Gasteiger partial charge in [0.1, 0.15) is 5.82 Å². The molecule has 8 heteroatoms. The Hall–Kier alpha value is -3.94. The zero-order chi connectivity index (χ0) is 22.4. The third-order valence-electron chi connectivity index (χ3n) is 5.81. The first kappa shape index (κ1) is 20.0. The first-order chi connectivity index (χ1) is 15.5. The van der Waals surface area contributed by atoms with E-state index in [4.69, 9.17) is 0 Å². The van der Waals surface area contributed by atoms with E-state index in [0.29, 0.717) is 29.9 Å². The number of imidazole rings is 2. The van der Waals surface area contributed by atoms with Crippen LogP contribution in [0.4, 0.5) is 4.39 Å². The molecule has 3 aromatic heterocycles. The number of nitrogens with zero attached hydrogens (tertiary/aromatic N) is 5. The van der Waals surface area contributed by atoms with Crippen molar-refractivity contribution in [1.29, 1.82) is 0 Å². The van der Waals surface area contributed by atoms with E-state index >= 15 is 0 Å². The standard InChI is InChI=1S/C24H22FN5O2/c1-16-15-29-20-21(26-23(29)30(16)19-13-7-6-12-18(19)25)27(2)24(32)28(22(20)31)14-8-11-17-9-4-3-5-10-17/h3-7,9-10,12-13,15H,8,11,14H2,1-2H3.